The third-order valence-electron chi connectivity index (χ3n) is 3.54. The summed E-state index contributed by atoms with van der Waals surface area (Å²) in [6.07, 6.45) is 2.65. The average molecular weight is 262 g/mol. The molecule has 0 aromatic heterocycles. The van der Waals surface area contributed by atoms with Gasteiger partial charge in [0.15, 0.2) is 0 Å². The van der Waals surface area contributed by atoms with Crippen LogP contribution in [0.3, 0.4) is 0 Å². The molecule has 0 heterocycles. The first-order valence-electron chi connectivity index (χ1n) is 6.89. The topological polar surface area (TPSA) is 50.4 Å². The van der Waals surface area contributed by atoms with Crippen LogP contribution >= 0.6 is 0 Å². The summed E-state index contributed by atoms with van der Waals surface area (Å²) >= 11 is 0. The quantitative estimate of drug-likeness (QED) is 0.820. The molecule has 4 heteroatoms. The molecule has 19 heavy (non-hydrogen) atoms. The Morgan fingerprint density at radius 1 is 1.32 bits per heavy atom. The highest BCUT2D eigenvalue weighted by molar-refractivity contribution is 5.93. The second-order valence-electron chi connectivity index (χ2n) is 4.90. The first-order valence-corrected chi connectivity index (χ1v) is 6.89. The Balaban J connectivity index is 1.74. The summed E-state index contributed by atoms with van der Waals surface area (Å²) in [4.78, 5) is 11.4. The van der Waals surface area contributed by atoms with E-state index < -0.39 is 0 Å². The lowest BCUT2D eigenvalue weighted by Gasteiger charge is -2.35. The smallest absolute Gasteiger partial charge is 0.251 e. The third-order valence-corrected chi connectivity index (χ3v) is 3.54. The molecule has 0 spiro atoms. The van der Waals surface area contributed by atoms with Gasteiger partial charge in [-0.3, -0.25) is 4.79 Å². The van der Waals surface area contributed by atoms with Crippen molar-refractivity contribution in [1.29, 1.82) is 0 Å². The van der Waals surface area contributed by atoms with Crippen LogP contribution in [0.1, 0.15) is 35.7 Å². The van der Waals surface area contributed by atoms with Crippen molar-refractivity contribution in [3.63, 3.8) is 0 Å². The van der Waals surface area contributed by atoms with Crippen molar-refractivity contribution in [3.8, 4) is 0 Å². The van der Waals surface area contributed by atoms with Gasteiger partial charge in [0.1, 0.15) is 0 Å². The Labute approximate surface area is 114 Å². The van der Waals surface area contributed by atoms with E-state index in [4.69, 9.17) is 4.74 Å². The lowest BCUT2D eigenvalue weighted by atomic mass is 9.89. The number of carbonyl (C=O) groups is 1. The summed E-state index contributed by atoms with van der Waals surface area (Å²) < 4.78 is 5.53. The van der Waals surface area contributed by atoms with Gasteiger partial charge >= 0.3 is 0 Å². The minimum atomic E-state index is -0.0435. The van der Waals surface area contributed by atoms with E-state index in [9.17, 15) is 4.79 Å². The summed E-state index contributed by atoms with van der Waals surface area (Å²) in [5, 5.41) is 6.12. The van der Waals surface area contributed by atoms with E-state index in [0.29, 0.717) is 17.7 Å². The number of hydrogen-bond acceptors (Lipinski definition) is 3. The maximum atomic E-state index is 11.4. The maximum Gasteiger partial charge on any atom is 0.251 e. The average Bonchev–Trinajstić information content (AvgIpc) is 2.41. The van der Waals surface area contributed by atoms with Gasteiger partial charge in [-0.15, -0.1) is 0 Å². The Morgan fingerprint density at radius 3 is 2.58 bits per heavy atom. The van der Waals surface area contributed by atoms with Gasteiger partial charge in [-0.1, -0.05) is 12.1 Å². The van der Waals surface area contributed by atoms with E-state index in [2.05, 4.69) is 10.6 Å². The monoisotopic (exact) mass is 262 g/mol. The molecule has 0 unspecified atom stereocenters. The molecule has 0 bridgehead atoms. The van der Waals surface area contributed by atoms with Crippen molar-refractivity contribution in [2.24, 2.45) is 0 Å². The molecule has 1 aromatic carbocycles. The number of benzene rings is 1. The molecule has 1 saturated carbocycles. The number of nitrogens with one attached hydrogen (secondary N) is 2. The molecule has 1 aliphatic carbocycles. The van der Waals surface area contributed by atoms with Crippen LogP contribution in [0, 0.1) is 0 Å². The Hall–Kier alpha value is -1.39. The number of hydrogen-bond donors (Lipinski definition) is 2. The molecule has 4 nitrogen and oxygen atoms in total. The van der Waals surface area contributed by atoms with Gasteiger partial charge in [0.05, 0.1) is 6.10 Å². The fourth-order valence-electron chi connectivity index (χ4n) is 2.28. The van der Waals surface area contributed by atoms with E-state index in [1.54, 1.807) is 7.05 Å². The van der Waals surface area contributed by atoms with Crippen molar-refractivity contribution in [2.75, 3.05) is 13.7 Å². The van der Waals surface area contributed by atoms with Crippen molar-refractivity contribution in [1.82, 2.24) is 10.6 Å². The van der Waals surface area contributed by atoms with Crippen molar-refractivity contribution in [3.05, 3.63) is 35.4 Å². The van der Waals surface area contributed by atoms with E-state index in [-0.39, 0.29) is 5.91 Å². The van der Waals surface area contributed by atoms with Crippen LogP contribution in [0.4, 0.5) is 0 Å². The summed E-state index contributed by atoms with van der Waals surface area (Å²) in [6, 6.07) is 8.28. The zero-order chi connectivity index (χ0) is 13.7. The normalized spacial score (nSPS) is 21.8. The first kappa shape index (κ1) is 14.0. The fraction of sp³-hybridized carbons (Fsp3) is 0.533. The molecule has 1 aromatic rings. The molecule has 2 rings (SSSR count). The summed E-state index contributed by atoms with van der Waals surface area (Å²) in [7, 11) is 1.64. The molecule has 1 amide bonds. The van der Waals surface area contributed by atoms with Crippen LogP contribution in [-0.4, -0.2) is 31.7 Å². The molecule has 0 atom stereocenters. The van der Waals surface area contributed by atoms with E-state index in [0.717, 1.165) is 26.0 Å². The number of carbonyl (C=O) groups excluding carboxylic acids is 1. The van der Waals surface area contributed by atoms with Crippen LogP contribution in [0.2, 0.25) is 0 Å². The largest absolute Gasteiger partial charge is 0.378 e. The Morgan fingerprint density at radius 2 is 2.00 bits per heavy atom. The van der Waals surface area contributed by atoms with E-state index in [1.165, 1.54) is 5.56 Å². The zero-order valence-corrected chi connectivity index (χ0v) is 11.6. The molecule has 2 N–H and O–H groups in total. The fourth-order valence-corrected chi connectivity index (χ4v) is 2.28. The van der Waals surface area contributed by atoms with Crippen LogP contribution < -0.4 is 10.6 Å². The molecular weight excluding hydrogens is 240 g/mol. The molecular formula is C15H22N2O2. The molecule has 104 valence electrons. The van der Waals surface area contributed by atoms with Crippen LogP contribution in [0.15, 0.2) is 24.3 Å². The predicted octanol–water partition coefficient (Wildman–Crippen LogP) is 1.70. The SMILES string of the molecule is CCOC1CC(NCc2ccc(C(=O)NC)cc2)C1. The number of rotatable bonds is 6. The van der Waals surface area contributed by atoms with Gasteiger partial charge in [0.25, 0.3) is 5.91 Å². The van der Waals surface area contributed by atoms with Gasteiger partial charge in [-0.2, -0.15) is 0 Å². The first-order chi connectivity index (χ1) is 9.22. The zero-order valence-electron chi connectivity index (χ0n) is 11.6. The summed E-state index contributed by atoms with van der Waals surface area (Å²) in [5.41, 5.74) is 1.90. The van der Waals surface area contributed by atoms with Gasteiger partial charge in [-0.25, -0.2) is 0 Å². The summed E-state index contributed by atoms with van der Waals surface area (Å²) in [5.74, 6) is -0.0435. The second kappa shape index (κ2) is 6.68. The Bertz CT molecular complexity index is 411. The third kappa shape index (κ3) is 3.78. The van der Waals surface area contributed by atoms with E-state index in [1.807, 2.05) is 31.2 Å². The lowest BCUT2D eigenvalue weighted by molar-refractivity contribution is -0.0102. The molecule has 1 aliphatic rings. The molecule has 0 aliphatic heterocycles. The van der Waals surface area contributed by atoms with Crippen molar-refractivity contribution >= 4 is 5.91 Å². The summed E-state index contributed by atoms with van der Waals surface area (Å²) in [6.45, 7) is 3.69. The Kier molecular flexibility index (Phi) is 4.93. The predicted molar refractivity (Wildman–Crippen MR) is 75.1 cm³/mol. The van der Waals surface area contributed by atoms with Crippen LogP contribution in [0.25, 0.3) is 0 Å². The molecule has 1 fully saturated rings. The highest BCUT2D eigenvalue weighted by Gasteiger charge is 2.28. The number of amides is 1. The van der Waals surface area contributed by atoms with Gasteiger partial charge < -0.3 is 15.4 Å². The number of ether oxygens (including phenoxy) is 1. The second-order valence-corrected chi connectivity index (χ2v) is 4.90. The van der Waals surface area contributed by atoms with Crippen LogP contribution in [0.5, 0.6) is 0 Å². The van der Waals surface area contributed by atoms with Gasteiger partial charge in [0.2, 0.25) is 0 Å². The minimum absolute atomic E-state index is 0.0435. The highest BCUT2D eigenvalue weighted by Crippen LogP contribution is 2.23. The van der Waals surface area contributed by atoms with Crippen molar-refractivity contribution < 1.29 is 9.53 Å². The van der Waals surface area contributed by atoms with Crippen molar-refractivity contribution in [2.45, 2.75) is 38.5 Å². The standard InChI is InChI=1S/C15H22N2O2/c1-3-19-14-8-13(9-14)17-10-11-4-6-12(7-5-11)15(18)16-2/h4-7,13-14,17H,3,8-10H2,1-2H3,(H,16,18). The minimum Gasteiger partial charge on any atom is -0.378 e. The van der Waals surface area contributed by atoms with E-state index >= 15 is 0 Å². The van der Waals surface area contributed by atoms with Gasteiger partial charge in [-0.05, 0) is 37.5 Å². The molecule has 0 saturated heterocycles. The lowest BCUT2D eigenvalue weighted by Crippen LogP contribution is -2.45. The highest BCUT2D eigenvalue weighted by atomic mass is 16.5. The van der Waals surface area contributed by atoms with Gasteiger partial charge in [0, 0.05) is 31.8 Å². The molecule has 0 radical (unpaired) electrons. The van der Waals surface area contributed by atoms with Crippen LogP contribution in [-0.2, 0) is 11.3 Å². The maximum absolute atomic E-state index is 11.4.